The number of fused-ring (bicyclic) bond motifs is 1. The van der Waals surface area contributed by atoms with Crippen LogP contribution in [0, 0.1) is 0 Å². The SMILES string of the molecule is CCOC(=O)c1nc2cc(Cl)c(Cl)cc2nc1N1CCCN(C(=O)C(Cl)Cl)CC1. The molecule has 0 radical (unpaired) electrons. The second kappa shape index (κ2) is 9.51. The number of rotatable bonds is 4. The maximum Gasteiger partial charge on any atom is 0.360 e. The third kappa shape index (κ3) is 4.97. The number of alkyl halides is 2. The highest BCUT2D eigenvalue weighted by molar-refractivity contribution is 6.53. The number of halogens is 4. The Hall–Kier alpha value is -1.54. The van der Waals surface area contributed by atoms with Crippen molar-refractivity contribution in [2.75, 3.05) is 37.7 Å². The molecule has 1 saturated heterocycles. The maximum atomic E-state index is 12.5. The third-order valence-corrected chi connectivity index (χ3v) is 5.55. The first kappa shape index (κ1) is 22.2. The molecule has 1 aromatic heterocycles. The van der Waals surface area contributed by atoms with Crippen molar-refractivity contribution in [3.63, 3.8) is 0 Å². The summed E-state index contributed by atoms with van der Waals surface area (Å²) >= 11 is 23.6. The van der Waals surface area contributed by atoms with Crippen molar-refractivity contribution >= 4 is 75.1 Å². The molecule has 0 atom stereocenters. The van der Waals surface area contributed by atoms with Gasteiger partial charge in [-0.2, -0.15) is 0 Å². The molecule has 1 aliphatic rings. The van der Waals surface area contributed by atoms with Crippen LogP contribution in [0.25, 0.3) is 11.0 Å². The molecule has 0 spiro atoms. The second-order valence-electron chi connectivity index (χ2n) is 6.34. The van der Waals surface area contributed by atoms with E-state index in [0.717, 1.165) is 0 Å². The van der Waals surface area contributed by atoms with Crippen molar-refractivity contribution in [3.8, 4) is 0 Å². The predicted molar refractivity (Wildman–Crippen MR) is 114 cm³/mol. The minimum absolute atomic E-state index is 0.0880. The number of amides is 1. The molecular formula is C18H18Cl4N4O3. The molecule has 7 nitrogen and oxygen atoms in total. The zero-order chi connectivity index (χ0) is 21.1. The van der Waals surface area contributed by atoms with E-state index in [1.165, 1.54) is 0 Å². The number of anilines is 1. The fraction of sp³-hybridized carbons (Fsp3) is 0.444. The van der Waals surface area contributed by atoms with E-state index in [0.29, 0.717) is 59.5 Å². The summed E-state index contributed by atoms with van der Waals surface area (Å²) < 4.78 is 5.16. The molecular weight excluding hydrogens is 462 g/mol. The van der Waals surface area contributed by atoms with Crippen LogP contribution in [-0.2, 0) is 9.53 Å². The lowest BCUT2D eigenvalue weighted by Crippen LogP contribution is -2.38. The van der Waals surface area contributed by atoms with Crippen LogP contribution in [0.3, 0.4) is 0 Å². The van der Waals surface area contributed by atoms with Crippen molar-refractivity contribution in [1.82, 2.24) is 14.9 Å². The number of carbonyl (C=O) groups is 2. The summed E-state index contributed by atoms with van der Waals surface area (Å²) in [6.45, 7) is 3.80. The molecule has 11 heteroatoms. The molecule has 0 saturated carbocycles. The number of hydrogen-bond acceptors (Lipinski definition) is 6. The predicted octanol–water partition coefficient (Wildman–Crippen LogP) is 3.96. The zero-order valence-corrected chi connectivity index (χ0v) is 18.5. The first-order valence-electron chi connectivity index (χ1n) is 8.97. The Bertz CT molecular complexity index is 941. The Morgan fingerprint density at radius 3 is 2.34 bits per heavy atom. The molecule has 0 N–H and O–H groups in total. The molecule has 2 heterocycles. The monoisotopic (exact) mass is 478 g/mol. The lowest BCUT2D eigenvalue weighted by atomic mass is 10.2. The number of aromatic nitrogens is 2. The lowest BCUT2D eigenvalue weighted by Gasteiger charge is -2.24. The number of benzene rings is 1. The van der Waals surface area contributed by atoms with Crippen LogP contribution in [0.2, 0.25) is 10.0 Å². The highest BCUT2D eigenvalue weighted by atomic mass is 35.5. The summed E-state index contributed by atoms with van der Waals surface area (Å²) in [6.07, 6.45) is 0.648. The summed E-state index contributed by atoms with van der Waals surface area (Å²) in [6, 6.07) is 3.16. The van der Waals surface area contributed by atoms with Crippen LogP contribution in [0.4, 0.5) is 5.82 Å². The van der Waals surface area contributed by atoms with Crippen LogP contribution in [0.15, 0.2) is 12.1 Å². The van der Waals surface area contributed by atoms with Crippen molar-refractivity contribution in [3.05, 3.63) is 27.9 Å². The summed E-state index contributed by atoms with van der Waals surface area (Å²) in [7, 11) is 0. The molecule has 156 valence electrons. The van der Waals surface area contributed by atoms with E-state index in [-0.39, 0.29) is 18.2 Å². The summed E-state index contributed by atoms with van der Waals surface area (Å²) in [4.78, 5) is 36.1. The van der Waals surface area contributed by atoms with Gasteiger partial charge in [-0.25, -0.2) is 14.8 Å². The van der Waals surface area contributed by atoms with Crippen LogP contribution in [0.5, 0.6) is 0 Å². The number of esters is 1. The quantitative estimate of drug-likeness (QED) is 0.488. The average Bonchev–Trinajstić information content (AvgIpc) is 2.93. The van der Waals surface area contributed by atoms with Gasteiger partial charge in [-0.15, -0.1) is 0 Å². The van der Waals surface area contributed by atoms with Crippen LogP contribution in [0.1, 0.15) is 23.8 Å². The van der Waals surface area contributed by atoms with E-state index in [2.05, 4.69) is 9.97 Å². The van der Waals surface area contributed by atoms with E-state index < -0.39 is 10.8 Å². The Morgan fingerprint density at radius 2 is 1.72 bits per heavy atom. The first-order valence-corrected chi connectivity index (χ1v) is 10.6. The van der Waals surface area contributed by atoms with Crippen LogP contribution < -0.4 is 4.90 Å². The average molecular weight is 480 g/mol. The molecule has 0 unspecified atom stereocenters. The minimum Gasteiger partial charge on any atom is -0.461 e. The molecule has 3 rings (SSSR count). The van der Waals surface area contributed by atoms with E-state index in [4.69, 9.17) is 51.1 Å². The normalized spacial score (nSPS) is 15.0. The Labute approximate surface area is 187 Å². The van der Waals surface area contributed by atoms with Gasteiger partial charge in [0.05, 0.1) is 27.7 Å². The Morgan fingerprint density at radius 1 is 1.07 bits per heavy atom. The highest BCUT2D eigenvalue weighted by Crippen LogP contribution is 2.29. The largest absolute Gasteiger partial charge is 0.461 e. The molecule has 1 aromatic carbocycles. The van der Waals surface area contributed by atoms with Crippen molar-refractivity contribution in [2.24, 2.45) is 0 Å². The summed E-state index contributed by atoms with van der Waals surface area (Å²) in [5.74, 6) is -0.550. The molecule has 29 heavy (non-hydrogen) atoms. The van der Waals surface area contributed by atoms with E-state index in [9.17, 15) is 9.59 Å². The van der Waals surface area contributed by atoms with Gasteiger partial charge in [-0.1, -0.05) is 46.4 Å². The fourth-order valence-corrected chi connectivity index (χ4v) is 3.68. The fourth-order valence-electron chi connectivity index (χ4n) is 3.09. The van der Waals surface area contributed by atoms with Gasteiger partial charge in [0.1, 0.15) is 0 Å². The number of ether oxygens (including phenoxy) is 1. The third-order valence-electron chi connectivity index (χ3n) is 4.45. The van der Waals surface area contributed by atoms with Crippen LogP contribution >= 0.6 is 46.4 Å². The topological polar surface area (TPSA) is 75.6 Å². The highest BCUT2D eigenvalue weighted by Gasteiger charge is 2.27. The molecule has 1 fully saturated rings. The Balaban J connectivity index is 2.00. The van der Waals surface area contributed by atoms with Gasteiger partial charge >= 0.3 is 5.97 Å². The molecule has 0 aliphatic carbocycles. The van der Waals surface area contributed by atoms with Crippen molar-refractivity contribution in [2.45, 2.75) is 18.2 Å². The van der Waals surface area contributed by atoms with Crippen molar-refractivity contribution < 1.29 is 14.3 Å². The van der Waals surface area contributed by atoms with Crippen LogP contribution in [-0.4, -0.2) is 64.4 Å². The summed E-state index contributed by atoms with van der Waals surface area (Å²) in [5.41, 5.74) is 1.02. The lowest BCUT2D eigenvalue weighted by molar-refractivity contribution is -0.129. The Kier molecular flexibility index (Phi) is 7.27. The van der Waals surface area contributed by atoms with Gasteiger partial charge in [0.2, 0.25) is 0 Å². The molecule has 1 amide bonds. The number of carbonyl (C=O) groups excluding carboxylic acids is 2. The molecule has 1 aliphatic heterocycles. The number of nitrogens with zero attached hydrogens (tertiary/aromatic N) is 4. The minimum atomic E-state index is -1.11. The maximum absolute atomic E-state index is 12.5. The first-order chi connectivity index (χ1) is 13.8. The van der Waals surface area contributed by atoms with E-state index in [1.807, 2.05) is 4.90 Å². The van der Waals surface area contributed by atoms with Gasteiger partial charge in [0.15, 0.2) is 16.3 Å². The second-order valence-corrected chi connectivity index (χ2v) is 8.25. The van der Waals surface area contributed by atoms with Gasteiger partial charge in [-0.3, -0.25) is 4.79 Å². The van der Waals surface area contributed by atoms with E-state index >= 15 is 0 Å². The van der Waals surface area contributed by atoms with E-state index in [1.54, 1.807) is 24.0 Å². The number of hydrogen-bond donors (Lipinski definition) is 0. The molecule has 0 bridgehead atoms. The standard InChI is InChI=1S/C18H18Cl4N4O3/c1-2-29-18(28)14-16(24-13-9-11(20)10(19)8-12(13)23-14)25-4-3-5-26(7-6-25)17(27)15(21)22/h8-9,15H,2-7H2,1H3. The molecule has 2 aromatic rings. The van der Waals surface area contributed by atoms with Gasteiger partial charge < -0.3 is 14.5 Å². The summed E-state index contributed by atoms with van der Waals surface area (Å²) in [5, 5.41) is 0.655. The van der Waals surface area contributed by atoms with Gasteiger partial charge in [0.25, 0.3) is 5.91 Å². The van der Waals surface area contributed by atoms with Gasteiger partial charge in [0, 0.05) is 26.2 Å². The van der Waals surface area contributed by atoms with Gasteiger partial charge in [-0.05, 0) is 25.5 Å². The zero-order valence-electron chi connectivity index (χ0n) is 15.5. The van der Waals surface area contributed by atoms with Crippen molar-refractivity contribution in [1.29, 1.82) is 0 Å². The smallest absolute Gasteiger partial charge is 0.360 e.